The Balaban J connectivity index is 2.03. The number of carbonyl (C=O) groups is 1. The molecule has 1 N–H and O–H groups in total. The fraction of sp³-hybridized carbons (Fsp3) is 0.273. The highest BCUT2D eigenvalue weighted by Gasteiger charge is 2.08. The van der Waals surface area contributed by atoms with Crippen molar-refractivity contribution in [1.29, 1.82) is 0 Å². The van der Waals surface area contributed by atoms with E-state index < -0.39 is 5.97 Å². The van der Waals surface area contributed by atoms with Crippen LogP contribution in [0.2, 0.25) is 0 Å². The van der Waals surface area contributed by atoms with Gasteiger partial charge in [0.05, 0.1) is 13.7 Å². The Labute approximate surface area is 103 Å². The van der Waals surface area contributed by atoms with Crippen LogP contribution >= 0.6 is 0 Å². The van der Waals surface area contributed by atoms with Crippen molar-refractivity contribution in [2.24, 2.45) is 0 Å². The predicted octanol–water partition coefficient (Wildman–Crippen LogP) is 1.17. The molecule has 0 aliphatic heterocycles. The van der Waals surface area contributed by atoms with Crippen LogP contribution in [0.25, 0.3) is 0 Å². The van der Waals surface area contributed by atoms with Crippen LogP contribution in [0.1, 0.15) is 22.2 Å². The highest BCUT2D eigenvalue weighted by atomic mass is 16.5. The standard InChI is InChI=1S/C11H12N4O3/c1-7-14-10(18-15-7)6-13-8-3-4-12-9(5-8)11(16)17-2/h3-5H,6H2,1-2H3,(H,12,13). The van der Waals surface area contributed by atoms with Crippen LogP contribution in [-0.2, 0) is 11.3 Å². The fourth-order valence-electron chi connectivity index (χ4n) is 1.35. The largest absolute Gasteiger partial charge is 0.464 e. The summed E-state index contributed by atoms with van der Waals surface area (Å²) in [6.07, 6.45) is 1.52. The van der Waals surface area contributed by atoms with Crippen LogP contribution in [-0.4, -0.2) is 28.2 Å². The van der Waals surface area contributed by atoms with Crippen LogP contribution in [0.5, 0.6) is 0 Å². The maximum Gasteiger partial charge on any atom is 0.356 e. The number of anilines is 1. The molecule has 0 saturated carbocycles. The van der Waals surface area contributed by atoms with E-state index in [9.17, 15) is 4.79 Å². The second-order valence-electron chi connectivity index (χ2n) is 3.51. The van der Waals surface area contributed by atoms with Gasteiger partial charge in [-0.3, -0.25) is 0 Å². The molecule has 0 bridgehead atoms. The highest BCUT2D eigenvalue weighted by Crippen LogP contribution is 2.10. The number of methoxy groups -OCH3 is 1. The van der Waals surface area contributed by atoms with Crippen molar-refractivity contribution in [3.63, 3.8) is 0 Å². The fourth-order valence-corrected chi connectivity index (χ4v) is 1.35. The molecule has 2 aromatic rings. The molecule has 0 fully saturated rings. The summed E-state index contributed by atoms with van der Waals surface area (Å²) in [5.41, 5.74) is 0.963. The molecule has 2 rings (SSSR count). The summed E-state index contributed by atoms with van der Waals surface area (Å²) in [6, 6.07) is 3.32. The molecule has 18 heavy (non-hydrogen) atoms. The van der Waals surface area contributed by atoms with Crippen molar-refractivity contribution < 1.29 is 14.1 Å². The van der Waals surface area contributed by atoms with Gasteiger partial charge in [0.2, 0.25) is 5.89 Å². The van der Waals surface area contributed by atoms with Crippen molar-refractivity contribution >= 4 is 11.7 Å². The molecule has 0 atom stereocenters. The highest BCUT2D eigenvalue weighted by molar-refractivity contribution is 5.88. The number of esters is 1. The number of rotatable bonds is 4. The first-order valence-corrected chi connectivity index (χ1v) is 5.26. The molecule has 7 nitrogen and oxygen atoms in total. The second kappa shape index (κ2) is 5.26. The van der Waals surface area contributed by atoms with E-state index in [0.29, 0.717) is 18.3 Å². The first kappa shape index (κ1) is 12.0. The number of pyridine rings is 1. The molecule has 0 spiro atoms. The Morgan fingerprint density at radius 1 is 1.56 bits per heavy atom. The lowest BCUT2D eigenvalue weighted by Crippen LogP contribution is -2.06. The van der Waals surface area contributed by atoms with E-state index >= 15 is 0 Å². The molecule has 0 aromatic carbocycles. The van der Waals surface area contributed by atoms with E-state index in [4.69, 9.17) is 4.52 Å². The normalized spacial score (nSPS) is 10.1. The third-order valence-corrected chi connectivity index (χ3v) is 2.17. The molecule has 0 radical (unpaired) electrons. The lowest BCUT2D eigenvalue weighted by atomic mass is 10.3. The van der Waals surface area contributed by atoms with Crippen LogP contribution in [0, 0.1) is 6.92 Å². The first-order chi connectivity index (χ1) is 8.69. The van der Waals surface area contributed by atoms with E-state index in [-0.39, 0.29) is 5.69 Å². The maximum atomic E-state index is 11.3. The van der Waals surface area contributed by atoms with Gasteiger partial charge in [-0.1, -0.05) is 5.16 Å². The first-order valence-electron chi connectivity index (χ1n) is 5.26. The van der Waals surface area contributed by atoms with Gasteiger partial charge in [0.15, 0.2) is 5.82 Å². The molecule has 0 saturated heterocycles. The Bertz CT molecular complexity index is 553. The number of aromatic nitrogens is 3. The summed E-state index contributed by atoms with van der Waals surface area (Å²) < 4.78 is 9.54. The summed E-state index contributed by atoms with van der Waals surface area (Å²) in [5, 5.41) is 6.72. The second-order valence-corrected chi connectivity index (χ2v) is 3.51. The van der Waals surface area contributed by atoms with Crippen molar-refractivity contribution in [3.8, 4) is 0 Å². The topological polar surface area (TPSA) is 90.1 Å². The van der Waals surface area contributed by atoms with Gasteiger partial charge in [-0.25, -0.2) is 9.78 Å². The third kappa shape index (κ3) is 2.82. The van der Waals surface area contributed by atoms with Crippen molar-refractivity contribution in [2.75, 3.05) is 12.4 Å². The minimum atomic E-state index is -0.479. The Kier molecular flexibility index (Phi) is 3.52. The molecule has 2 aromatic heterocycles. The van der Waals surface area contributed by atoms with Gasteiger partial charge in [0.25, 0.3) is 0 Å². The smallest absolute Gasteiger partial charge is 0.356 e. The van der Waals surface area contributed by atoms with Gasteiger partial charge in [-0.15, -0.1) is 0 Å². The van der Waals surface area contributed by atoms with Gasteiger partial charge in [-0.05, 0) is 19.1 Å². The van der Waals surface area contributed by atoms with Crippen LogP contribution in [0.15, 0.2) is 22.9 Å². The summed E-state index contributed by atoms with van der Waals surface area (Å²) in [7, 11) is 1.31. The molecule has 0 aliphatic rings. The number of ether oxygens (including phenoxy) is 1. The summed E-state index contributed by atoms with van der Waals surface area (Å²) in [5.74, 6) is 0.577. The van der Waals surface area contributed by atoms with E-state index in [1.54, 1.807) is 19.1 Å². The minimum absolute atomic E-state index is 0.240. The van der Waals surface area contributed by atoms with Crippen LogP contribution in [0.3, 0.4) is 0 Å². The van der Waals surface area contributed by atoms with Crippen molar-refractivity contribution in [1.82, 2.24) is 15.1 Å². The van der Waals surface area contributed by atoms with Gasteiger partial charge in [0, 0.05) is 11.9 Å². The molecule has 0 amide bonds. The predicted molar refractivity (Wildman–Crippen MR) is 61.9 cm³/mol. The Hall–Kier alpha value is -2.44. The molecule has 7 heteroatoms. The molecular formula is C11H12N4O3. The molecule has 0 aliphatic carbocycles. The maximum absolute atomic E-state index is 11.3. The van der Waals surface area contributed by atoms with Crippen molar-refractivity contribution in [2.45, 2.75) is 13.5 Å². The minimum Gasteiger partial charge on any atom is -0.464 e. The zero-order valence-electron chi connectivity index (χ0n) is 10.0. The molecule has 94 valence electrons. The summed E-state index contributed by atoms with van der Waals surface area (Å²) >= 11 is 0. The number of nitrogens with zero attached hydrogens (tertiary/aromatic N) is 3. The van der Waals surface area contributed by atoms with Crippen molar-refractivity contribution in [3.05, 3.63) is 35.7 Å². The number of carbonyl (C=O) groups excluding carboxylic acids is 1. The van der Waals surface area contributed by atoms with E-state index in [2.05, 4.69) is 25.2 Å². The monoisotopic (exact) mass is 248 g/mol. The van der Waals surface area contributed by atoms with Gasteiger partial charge in [-0.2, -0.15) is 4.98 Å². The van der Waals surface area contributed by atoms with Gasteiger partial charge in [0.1, 0.15) is 5.69 Å². The van der Waals surface area contributed by atoms with Gasteiger partial charge < -0.3 is 14.6 Å². The third-order valence-electron chi connectivity index (χ3n) is 2.17. The molecular weight excluding hydrogens is 236 g/mol. The Morgan fingerprint density at radius 3 is 3.06 bits per heavy atom. The summed E-state index contributed by atoms with van der Waals surface area (Å²) in [4.78, 5) is 19.2. The lowest BCUT2D eigenvalue weighted by molar-refractivity contribution is 0.0594. The Morgan fingerprint density at radius 2 is 2.39 bits per heavy atom. The quantitative estimate of drug-likeness (QED) is 0.812. The lowest BCUT2D eigenvalue weighted by Gasteiger charge is -2.04. The number of nitrogens with one attached hydrogen (secondary N) is 1. The van der Waals surface area contributed by atoms with Gasteiger partial charge >= 0.3 is 5.97 Å². The zero-order valence-corrected chi connectivity index (χ0v) is 10.0. The molecule has 0 unspecified atom stereocenters. The number of hydrogen-bond acceptors (Lipinski definition) is 7. The molecule has 2 heterocycles. The number of hydrogen-bond donors (Lipinski definition) is 1. The average Bonchev–Trinajstić information content (AvgIpc) is 2.81. The average molecular weight is 248 g/mol. The van der Waals surface area contributed by atoms with E-state index in [1.165, 1.54) is 13.3 Å². The number of aryl methyl sites for hydroxylation is 1. The zero-order chi connectivity index (χ0) is 13.0. The summed E-state index contributed by atoms with van der Waals surface area (Å²) in [6.45, 7) is 2.13. The van der Waals surface area contributed by atoms with Crippen LogP contribution in [0.4, 0.5) is 5.69 Å². The van der Waals surface area contributed by atoms with Crippen LogP contribution < -0.4 is 5.32 Å². The SMILES string of the molecule is COC(=O)c1cc(NCc2nc(C)no2)ccn1. The van der Waals surface area contributed by atoms with E-state index in [0.717, 1.165) is 5.69 Å². The van der Waals surface area contributed by atoms with E-state index in [1.807, 2.05) is 0 Å².